The normalized spacial score (nSPS) is 18.7. The minimum Gasteiger partial charge on any atom is -0.490 e. The Bertz CT molecular complexity index is 1320. The van der Waals surface area contributed by atoms with Crippen LogP contribution in [0.25, 0.3) is 11.1 Å². The number of anilines is 2. The van der Waals surface area contributed by atoms with Gasteiger partial charge in [-0.2, -0.15) is 0 Å². The SMILES string of the molecule is CCc1ccccc1NC(=O)N1CCOc2cc(-c3ccc(OC4CCC(C(=O)O)CC4)nc3)c(C)cc21. The minimum absolute atomic E-state index is 0.00995. The molecule has 0 spiro atoms. The molecule has 0 saturated heterocycles. The van der Waals surface area contributed by atoms with E-state index in [-0.39, 0.29) is 18.1 Å². The molecule has 2 aromatic carbocycles. The zero-order chi connectivity index (χ0) is 26.6. The largest absolute Gasteiger partial charge is 0.490 e. The van der Waals surface area contributed by atoms with Crippen LogP contribution in [-0.4, -0.2) is 41.3 Å². The number of amides is 2. The summed E-state index contributed by atoms with van der Waals surface area (Å²) in [6.07, 6.45) is 5.30. The van der Waals surface area contributed by atoms with E-state index in [1.165, 1.54) is 0 Å². The first-order valence-corrected chi connectivity index (χ1v) is 13.2. The lowest BCUT2D eigenvalue weighted by Crippen LogP contribution is -2.41. The minimum atomic E-state index is -0.721. The summed E-state index contributed by atoms with van der Waals surface area (Å²) in [6, 6.07) is 15.4. The Hall–Kier alpha value is -4.07. The second-order valence-corrected chi connectivity index (χ2v) is 9.89. The first kappa shape index (κ1) is 25.6. The van der Waals surface area contributed by atoms with E-state index in [1.54, 1.807) is 11.1 Å². The van der Waals surface area contributed by atoms with E-state index in [4.69, 9.17) is 9.47 Å². The highest BCUT2D eigenvalue weighted by atomic mass is 16.5. The van der Waals surface area contributed by atoms with Crippen LogP contribution < -0.4 is 19.7 Å². The van der Waals surface area contributed by atoms with Crippen molar-refractivity contribution in [2.24, 2.45) is 5.92 Å². The number of hydrogen-bond acceptors (Lipinski definition) is 5. The molecule has 1 aliphatic carbocycles. The molecule has 1 aromatic heterocycles. The molecule has 0 radical (unpaired) electrons. The molecule has 0 unspecified atom stereocenters. The van der Waals surface area contributed by atoms with Crippen molar-refractivity contribution >= 4 is 23.4 Å². The number of nitrogens with zero attached hydrogens (tertiary/aromatic N) is 2. The third-order valence-electron chi connectivity index (χ3n) is 7.41. The number of carboxylic acid groups (broad SMARTS) is 1. The molecule has 3 aromatic rings. The van der Waals surface area contributed by atoms with E-state index in [2.05, 4.69) is 17.2 Å². The number of para-hydroxylation sites is 1. The summed E-state index contributed by atoms with van der Waals surface area (Å²) < 4.78 is 12.0. The molecule has 8 nitrogen and oxygen atoms in total. The summed E-state index contributed by atoms with van der Waals surface area (Å²) in [5.41, 5.74) is 5.56. The second kappa shape index (κ2) is 11.1. The van der Waals surface area contributed by atoms with Crippen LogP contribution in [0.3, 0.4) is 0 Å². The molecule has 8 heteroatoms. The number of carbonyl (C=O) groups is 2. The second-order valence-electron chi connectivity index (χ2n) is 9.89. The van der Waals surface area contributed by atoms with E-state index < -0.39 is 5.97 Å². The van der Waals surface area contributed by atoms with E-state index in [0.29, 0.717) is 37.6 Å². The van der Waals surface area contributed by atoms with Crippen LogP contribution >= 0.6 is 0 Å². The number of carbonyl (C=O) groups excluding carboxylic acids is 1. The molecule has 1 saturated carbocycles. The van der Waals surface area contributed by atoms with Gasteiger partial charge in [0, 0.05) is 23.5 Å². The van der Waals surface area contributed by atoms with Crippen molar-refractivity contribution < 1.29 is 24.2 Å². The van der Waals surface area contributed by atoms with Crippen LogP contribution in [0.4, 0.5) is 16.2 Å². The summed E-state index contributed by atoms with van der Waals surface area (Å²) >= 11 is 0. The fraction of sp³-hybridized carbons (Fsp3) is 0.367. The van der Waals surface area contributed by atoms with Gasteiger partial charge in [-0.1, -0.05) is 25.1 Å². The molecule has 2 aliphatic rings. The summed E-state index contributed by atoms with van der Waals surface area (Å²) in [4.78, 5) is 30.6. The van der Waals surface area contributed by atoms with Crippen LogP contribution in [0.1, 0.15) is 43.7 Å². The maximum atomic E-state index is 13.2. The van der Waals surface area contributed by atoms with Gasteiger partial charge in [-0.05, 0) is 80.0 Å². The van der Waals surface area contributed by atoms with Gasteiger partial charge in [-0.25, -0.2) is 9.78 Å². The zero-order valence-electron chi connectivity index (χ0n) is 21.8. The van der Waals surface area contributed by atoms with Crippen LogP contribution in [0.2, 0.25) is 0 Å². The Labute approximate surface area is 222 Å². The fourth-order valence-corrected chi connectivity index (χ4v) is 5.23. The van der Waals surface area contributed by atoms with Crippen molar-refractivity contribution in [3.8, 4) is 22.8 Å². The molecule has 2 heterocycles. The van der Waals surface area contributed by atoms with Crippen molar-refractivity contribution in [3.63, 3.8) is 0 Å². The number of hydrogen-bond donors (Lipinski definition) is 2. The number of pyridine rings is 1. The quantitative estimate of drug-likeness (QED) is 0.413. The van der Waals surface area contributed by atoms with Gasteiger partial charge < -0.3 is 19.9 Å². The highest BCUT2D eigenvalue weighted by Gasteiger charge is 2.28. The van der Waals surface area contributed by atoms with Gasteiger partial charge in [0.25, 0.3) is 0 Å². The topological polar surface area (TPSA) is 101 Å². The number of urea groups is 1. The Morgan fingerprint density at radius 3 is 2.63 bits per heavy atom. The van der Waals surface area contributed by atoms with E-state index >= 15 is 0 Å². The first-order chi connectivity index (χ1) is 18.4. The molecule has 1 fully saturated rings. The maximum Gasteiger partial charge on any atom is 0.326 e. The third kappa shape index (κ3) is 5.44. The lowest BCUT2D eigenvalue weighted by atomic mass is 9.87. The lowest BCUT2D eigenvalue weighted by molar-refractivity contribution is -0.143. The van der Waals surface area contributed by atoms with Gasteiger partial charge in [-0.3, -0.25) is 9.69 Å². The number of rotatable bonds is 6. The molecule has 0 atom stereocenters. The van der Waals surface area contributed by atoms with Crippen molar-refractivity contribution in [1.29, 1.82) is 0 Å². The van der Waals surface area contributed by atoms with Crippen molar-refractivity contribution in [2.75, 3.05) is 23.4 Å². The number of aliphatic carboxylic acids is 1. The standard InChI is InChI=1S/C30H33N3O5/c1-3-20-6-4-5-7-25(20)32-30(36)33-14-15-37-27-17-24(19(2)16-26(27)33)22-10-13-28(31-18-22)38-23-11-8-21(9-12-23)29(34)35/h4-7,10,13,16-18,21,23H,3,8-9,11-12,14-15H2,1-2H3,(H,32,36)(H,34,35). The van der Waals surface area contributed by atoms with Crippen molar-refractivity contribution in [1.82, 2.24) is 4.98 Å². The number of ether oxygens (including phenoxy) is 2. The molecule has 5 rings (SSSR count). The Morgan fingerprint density at radius 1 is 1.13 bits per heavy atom. The van der Waals surface area contributed by atoms with E-state index in [1.807, 2.05) is 55.5 Å². The predicted molar refractivity (Wildman–Crippen MR) is 146 cm³/mol. The highest BCUT2D eigenvalue weighted by molar-refractivity contribution is 6.03. The average Bonchev–Trinajstić information content (AvgIpc) is 2.93. The number of aryl methyl sites for hydroxylation is 2. The van der Waals surface area contributed by atoms with Gasteiger partial charge in [0.2, 0.25) is 5.88 Å². The third-order valence-corrected chi connectivity index (χ3v) is 7.41. The Morgan fingerprint density at radius 2 is 1.92 bits per heavy atom. The predicted octanol–water partition coefficient (Wildman–Crippen LogP) is 6.07. The summed E-state index contributed by atoms with van der Waals surface area (Å²) in [5.74, 6) is 0.204. The number of fused-ring (bicyclic) bond motifs is 1. The molecular formula is C30H33N3O5. The molecule has 38 heavy (non-hydrogen) atoms. The van der Waals surface area contributed by atoms with Gasteiger partial charge in [0.1, 0.15) is 18.5 Å². The molecule has 2 N–H and O–H groups in total. The Kier molecular flexibility index (Phi) is 7.49. The van der Waals surface area contributed by atoms with Gasteiger partial charge in [-0.15, -0.1) is 0 Å². The molecule has 2 amide bonds. The van der Waals surface area contributed by atoms with Crippen molar-refractivity contribution in [2.45, 2.75) is 52.1 Å². The van der Waals surface area contributed by atoms with Gasteiger partial charge in [0.05, 0.1) is 18.2 Å². The average molecular weight is 516 g/mol. The smallest absolute Gasteiger partial charge is 0.326 e. The summed E-state index contributed by atoms with van der Waals surface area (Å²) in [7, 11) is 0. The first-order valence-electron chi connectivity index (χ1n) is 13.2. The molecule has 0 bridgehead atoms. The van der Waals surface area contributed by atoms with Gasteiger partial charge >= 0.3 is 12.0 Å². The number of nitrogens with one attached hydrogen (secondary N) is 1. The fourth-order valence-electron chi connectivity index (χ4n) is 5.23. The van der Waals surface area contributed by atoms with E-state index in [9.17, 15) is 14.7 Å². The van der Waals surface area contributed by atoms with Gasteiger partial charge in [0.15, 0.2) is 0 Å². The molecular weight excluding hydrogens is 482 g/mol. The summed E-state index contributed by atoms with van der Waals surface area (Å²) in [6.45, 7) is 4.96. The molecule has 1 aliphatic heterocycles. The number of carboxylic acids is 1. The zero-order valence-corrected chi connectivity index (χ0v) is 21.8. The summed E-state index contributed by atoms with van der Waals surface area (Å²) in [5, 5.41) is 12.2. The number of aromatic nitrogens is 1. The highest BCUT2D eigenvalue weighted by Crippen LogP contribution is 2.39. The maximum absolute atomic E-state index is 13.2. The van der Waals surface area contributed by atoms with Crippen LogP contribution in [0.15, 0.2) is 54.7 Å². The van der Waals surface area contributed by atoms with Crippen LogP contribution in [-0.2, 0) is 11.2 Å². The monoisotopic (exact) mass is 515 g/mol. The van der Waals surface area contributed by atoms with E-state index in [0.717, 1.165) is 52.9 Å². The van der Waals surface area contributed by atoms with Crippen molar-refractivity contribution in [3.05, 3.63) is 65.9 Å². The van der Waals surface area contributed by atoms with Crippen LogP contribution in [0, 0.1) is 12.8 Å². The number of benzene rings is 2. The van der Waals surface area contributed by atoms with Crippen LogP contribution in [0.5, 0.6) is 11.6 Å². The molecule has 198 valence electrons. The lowest BCUT2D eigenvalue weighted by Gasteiger charge is -2.31. The Balaban J connectivity index is 1.30.